The van der Waals surface area contributed by atoms with Crippen molar-refractivity contribution in [2.45, 2.75) is 44.4 Å². The van der Waals surface area contributed by atoms with Crippen LogP contribution >= 0.6 is 0 Å². The number of carbonyl (C=O) groups is 4. The van der Waals surface area contributed by atoms with E-state index < -0.39 is 51.5 Å². The summed E-state index contributed by atoms with van der Waals surface area (Å²) >= 11 is 0. The molecule has 2 aromatic rings. The van der Waals surface area contributed by atoms with Crippen molar-refractivity contribution in [1.82, 2.24) is 16.0 Å². The van der Waals surface area contributed by atoms with E-state index in [9.17, 15) is 27.6 Å². The molecule has 36 heavy (non-hydrogen) atoms. The molecule has 194 valence electrons. The third kappa shape index (κ3) is 9.96. The third-order valence-corrected chi connectivity index (χ3v) is 6.24. The van der Waals surface area contributed by atoms with Crippen LogP contribution < -0.4 is 21.7 Å². The SMILES string of the molecule is C[C@H](N)C(=O)N[C@@H](CCS(C)(=O)=O)C(=O)N[C@@H](Cc1ccccc1)C(=O)C(=O)NCc1ccccc1. The number of nitrogens with one attached hydrogen (secondary N) is 3. The van der Waals surface area contributed by atoms with Gasteiger partial charge in [-0.3, -0.25) is 19.2 Å². The Hall–Kier alpha value is -3.57. The molecule has 0 aliphatic rings. The second kappa shape index (κ2) is 13.5. The monoisotopic (exact) mass is 516 g/mol. The highest BCUT2D eigenvalue weighted by molar-refractivity contribution is 7.90. The average molecular weight is 517 g/mol. The van der Waals surface area contributed by atoms with Crippen molar-refractivity contribution in [1.29, 1.82) is 0 Å². The van der Waals surface area contributed by atoms with E-state index in [-0.39, 0.29) is 25.1 Å². The number of amides is 3. The van der Waals surface area contributed by atoms with Gasteiger partial charge in [-0.15, -0.1) is 0 Å². The van der Waals surface area contributed by atoms with Gasteiger partial charge in [-0.25, -0.2) is 8.42 Å². The fourth-order valence-corrected chi connectivity index (χ4v) is 3.92. The molecule has 2 rings (SSSR count). The summed E-state index contributed by atoms with van der Waals surface area (Å²) in [5.41, 5.74) is 7.06. The van der Waals surface area contributed by atoms with Gasteiger partial charge < -0.3 is 21.7 Å². The van der Waals surface area contributed by atoms with E-state index in [1.807, 2.05) is 6.07 Å². The molecule has 0 radical (unpaired) electrons. The van der Waals surface area contributed by atoms with Crippen molar-refractivity contribution < 1.29 is 27.6 Å². The molecule has 0 unspecified atom stereocenters. The van der Waals surface area contributed by atoms with E-state index in [2.05, 4.69) is 16.0 Å². The number of Topliss-reactive ketones (excluding diaryl/α,β-unsaturated/α-hetero) is 1. The lowest BCUT2D eigenvalue weighted by molar-refractivity contribution is -0.140. The molecule has 2 aromatic carbocycles. The van der Waals surface area contributed by atoms with Crippen LogP contribution in [0.4, 0.5) is 0 Å². The maximum Gasteiger partial charge on any atom is 0.289 e. The van der Waals surface area contributed by atoms with Crippen molar-refractivity contribution in [2.24, 2.45) is 5.73 Å². The molecule has 0 saturated heterocycles. The number of benzene rings is 2. The Morgan fingerprint density at radius 2 is 1.36 bits per heavy atom. The fourth-order valence-electron chi connectivity index (χ4n) is 3.26. The number of nitrogens with two attached hydrogens (primary N) is 1. The predicted octanol–water partition coefficient (Wildman–Crippen LogP) is -0.134. The Morgan fingerprint density at radius 1 is 0.833 bits per heavy atom. The molecule has 3 amide bonds. The van der Waals surface area contributed by atoms with Crippen LogP contribution in [0.3, 0.4) is 0 Å². The van der Waals surface area contributed by atoms with Gasteiger partial charge in [-0.2, -0.15) is 0 Å². The minimum absolute atomic E-state index is 0.0181. The average Bonchev–Trinajstić information content (AvgIpc) is 2.84. The van der Waals surface area contributed by atoms with Crippen LogP contribution in [0.5, 0.6) is 0 Å². The number of carbonyl (C=O) groups excluding carboxylic acids is 4. The van der Waals surface area contributed by atoms with Crippen molar-refractivity contribution in [3.8, 4) is 0 Å². The van der Waals surface area contributed by atoms with Crippen LogP contribution in [0, 0.1) is 0 Å². The zero-order chi connectivity index (χ0) is 26.7. The second-order valence-electron chi connectivity index (χ2n) is 8.55. The molecule has 0 bridgehead atoms. The lowest BCUT2D eigenvalue weighted by Crippen LogP contribution is -2.56. The largest absolute Gasteiger partial charge is 0.345 e. The van der Waals surface area contributed by atoms with Gasteiger partial charge in [0.2, 0.25) is 17.6 Å². The summed E-state index contributed by atoms with van der Waals surface area (Å²) in [6.45, 7) is 1.54. The summed E-state index contributed by atoms with van der Waals surface area (Å²) in [5.74, 6) is -3.58. The van der Waals surface area contributed by atoms with Gasteiger partial charge in [0.1, 0.15) is 21.9 Å². The lowest BCUT2D eigenvalue weighted by Gasteiger charge is -2.23. The summed E-state index contributed by atoms with van der Waals surface area (Å²) in [6, 6.07) is 14.3. The Morgan fingerprint density at radius 3 is 1.89 bits per heavy atom. The van der Waals surface area contributed by atoms with Gasteiger partial charge in [0.05, 0.1) is 11.8 Å². The molecule has 0 fully saturated rings. The van der Waals surface area contributed by atoms with Crippen LogP contribution in [-0.2, 0) is 42.0 Å². The second-order valence-corrected chi connectivity index (χ2v) is 10.8. The van der Waals surface area contributed by atoms with Gasteiger partial charge in [0.15, 0.2) is 0 Å². The minimum Gasteiger partial charge on any atom is -0.345 e. The summed E-state index contributed by atoms with van der Waals surface area (Å²) in [6.07, 6.45) is 0.800. The number of rotatable bonds is 13. The molecule has 0 aliphatic carbocycles. The lowest BCUT2D eigenvalue weighted by atomic mass is 10.0. The van der Waals surface area contributed by atoms with Crippen molar-refractivity contribution in [3.05, 3.63) is 71.8 Å². The smallest absolute Gasteiger partial charge is 0.289 e. The van der Waals surface area contributed by atoms with E-state index in [0.29, 0.717) is 5.56 Å². The highest BCUT2D eigenvalue weighted by Gasteiger charge is 2.31. The molecule has 0 aromatic heterocycles. The van der Waals surface area contributed by atoms with E-state index in [1.54, 1.807) is 54.6 Å². The summed E-state index contributed by atoms with van der Waals surface area (Å²) < 4.78 is 23.3. The Labute approximate surface area is 210 Å². The van der Waals surface area contributed by atoms with Crippen molar-refractivity contribution in [3.63, 3.8) is 0 Å². The first-order chi connectivity index (χ1) is 17.0. The van der Waals surface area contributed by atoms with E-state index in [1.165, 1.54) is 6.92 Å². The summed E-state index contributed by atoms with van der Waals surface area (Å²) in [5, 5.41) is 7.50. The maximum absolute atomic E-state index is 13.1. The molecule has 0 saturated carbocycles. The summed E-state index contributed by atoms with van der Waals surface area (Å²) in [7, 11) is -3.44. The molecule has 0 aliphatic heterocycles. The molecule has 10 nitrogen and oxygen atoms in total. The molecular formula is C25H32N4O6S. The van der Waals surface area contributed by atoms with E-state index in [4.69, 9.17) is 5.73 Å². The van der Waals surface area contributed by atoms with Crippen LogP contribution in [0.1, 0.15) is 24.5 Å². The highest BCUT2D eigenvalue weighted by Crippen LogP contribution is 2.07. The van der Waals surface area contributed by atoms with E-state index >= 15 is 0 Å². The van der Waals surface area contributed by atoms with Crippen LogP contribution in [0.25, 0.3) is 0 Å². The molecule has 3 atom stereocenters. The predicted molar refractivity (Wildman–Crippen MR) is 135 cm³/mol. The number of ketones is 1. The maximum atomic E-state index is 13.1. The molecule has 0 spiro atoms. The zero-order valence-electron chi connectivity index (χ0n) is 20.3. The minimum atomic E-state index is -3.44. The normalized spacial score (nSPS) is 13.6. The topological polar surface area (TPSA) is 165 Å². The van der Waals surface area contributed by atoms with Crippen molar-refractivity contribution in [2.75, 3.05) is 12.0 Å². The third-order valence-electron chi connectivity index (χ3n) is 5.26. The van der Waals surface area contributed by atoms with Gasteiger partial charge >= 0.3 is 0 Å². The summed E-state index contributed by atoms with van der Waals surface area (Å²) in [4.78, 5) is 50.9. The zero-order valence-corrected chi connectivity index (χ0v) is 21.1. The Balaban J connectivity index is 2.20. The molecule has 11 heteroatoms. The number of hydrogen-bond donors (Lipinski definition) is 4. The van der Waals surface area contributed by atoms with E-state index in [0.717, 1.165) is 11.8 Å². The van der Waals surface area contributed by atoms with Crippen LogP contribution in [0.2, 0.25) is 0 Å². The standard InChI is InChI=1S/C25H32N4O6S/c1-17(26)23(31)28-20(13-14-36(2,34)35)24(32)29-21(15-18-9-5-3-6-10-18)22(30)25(33)27-16-19-11-7-4-8-12-19/h3-12,17,20-21H,13-16,26H2,1-2H3,(H,27,33)(H,28,31)(H,29,32)/t17-,20-,21-/m0/s1. The first-order valence-electron chi connectivity index (χ1n) is 11.4. The van der Waals surface area contributed by atoms with Gasteiger partial charge in [-0.1, -0.05) is 60.7 Å². The molecular weight excluding hydrogens is 484 g/mol. The van der Waals surface area contributed by atoms with Gasteiger partial charge in [0.25, 0.3) is 5.91 Å². The van der Waals surface area contributed by atoms with Crippen LogP contribution in [0.15, 0.2) is 60.7 Å². The first kappa shape index (κ1) is 28.7. The quantitative estimate of drug-likeness (QED) is 0.269. The first-order valence-corrected chi connectivity index (χ1v) is 13.5. The van der Waals surface area contributed by atoms with Crippen molar-refractivity contribution >= 4 is 33.3 Å². The van der Waals surface area contributed by atoms with Gasteiger partial charge in [0, 0.05) is 19.2 Å². The van der Waals surface area contributed by atoms with Crippen LogP contribution in [-0.4, -0.2) is 62.1 Å². The number of sulfone groups is 1. The fraction of sp³-hybridized carbons (Fsp3) is 0.360. The number of hydrogen-bond acceptors (Lipinski definition) is 7. The Bertz CT molecular complexity index is 1150. The Kier molecular flexibility index (Phi) is 10.8. The van der Waals surface area contributed by atoms with Gasteiger partial charge in [-0.05, 0) is 24.5 Å². The molecule has 5 N–H and O–H groups in total. The highest BCUT2D eigenvalue weighted by atomic mass is 32.2. The molecule has 0 heterocycles.